The van der Waals surface area contributed by atoms with Crippen LogP contribution in [0.3, 0.4) is 0 Å². The molecule has 2 rings (SSSR count). The molecule has 1 atom stereocenters. The van der Waals surface area contributed by atoms with E-state index in [2.05, 4.69) is 6.07 Å². The van der Waals surface area contributed by atoms with Crippen LogP contribution < -0.4 is 0 Å². The van der Waals surface area contributed by atoms with Crippen molar-refractivity contribution in [2.24, 2.45) is 0 Å². The van der Waals surface area contributed by atoms with Crippen LogP contribution in [0.2, 0.25) is 5.02 Å². The van der Waals surface area contributed by atoms with Crippen molar-refractivity contribution in [2.75, 3.05) is 0 Å². The second-order valence-electron chi connectivity index (χ2n) is 4.17. The van der Waals surface area contributed by atoms with E-state index in [9.17, 15) is 10.5 Å². The molecule has 0 unspecified atom stereocenters. The Morgan fingerprint density at radius 2 is 1.74 bits per heavy atom. The van der Waals surface area contributed by atoms with Crippen LogP contribution in [0.4, 0.5) is 0 Å². The minimum absolute atomic E-state index is 0.293. The molecule has 19 heavy (non-hydrogen) atoms. The highest BCUT2D eigenvalue weighted by Crippen LogP contribution is 2.22. The van der Waals surface area contributed by atoms with Gasteiger partial charge in [0.25, 0.3) is 0 Å². The topological polar surface area (TPSA) is 47.3 Å². The summed E-state index contributed by atoms with van der Waals surface area (Å²) in [4.78, 5) is 0. The first-order chi connectivity index (χ1) is 9.20. The van der Waals surface area contributed by atoms with Crippen LogP contribution >= 0.6 is 11.6 Å². The quantitative estimate of drug-likeness (QED) is 0.861. The number of nitriles is 1. The molecule has 3 nitrogen and oxygen atoms in total. The minimum atomic E-state index is -0.711. The molecule has 0 saturated carbocycles. The number of hydrogen-bond donors (Lipinski definition) is 1. The Morgan fingerprint density at radius 3 is 2.32 bits per heavy atom. The highest BCUT2D eigenvalue weighted by molar-refractivity contribution is 6.30. The van der Waals surface area contributed by atoms with E-state index in [-0.39, 0.29) is 0 Å². The zero-order valence-electron chi connectivity index (χ0n) is 10.2. The lowest BCUT2D eigenvalue weighted by Gasteiger charge is -2.20. The van der Waals surface area contributed by atoms with Crippen molar-refractivity contribution >= 4 is 11.6 Å². The van der Waals surface area contributed by atoms with E-state index < -0.39 is 6.04 Å². The van der Waals surface area contributed by atoms with Crippen LogP contribution in [0, 0.1) is 11.3 Å². The van der Waals surface area contributed by atoms with Crippen LogP contribution in [0.25, 0.3) is 0 Å². The molecule has 0 bridgehead atoms. The van der Waals surface area contributed by atoms with Gasteiger partial charge in [0, 0.05) is 5.02 Å². The van der Waals surface area contributed by atoms with Crippen molar-refractivity contribution in [2.45, 2.75) is 12.6 Å². The SMILES string of the molecule is N#C[C@H](c1ccc(Cl)cc1)N(O)Cc1ccccc1. The van der Waals surface area contributed by atoms with Gasteiger partial charge in [0.05, 0.1) is 12.6 Å². The van der Waals surface area contributed by atoms with Gasteiger partial charge in [-0.25, -0.2) is 0 Å². The first kappa shape index (κ1) is 13.6. The molecule has 2 aromatic carbocycles. The van der Waals surface area contributed by atoms with Crippen molar-refractivity contribution in [3.8, 4) is 6.07 Å². The average molecular weight is 273 g/mol. The third-order valence-corrected chi connectivity index (χ3v) is 3.05. The van der Waals surface area contributed by atoms with E-state index in [0.29, 0.717) is 17.1 Å². The van der Waals surface area contributed by atoms with Gasteiger partial charge in [0.2, 0.25) is 0 Å². The summed E-state index contributed by atoms with van der Waals surface area (Å²) in [5.74, 6) is 0. The lowest BCUT2D eigenvalue weighted by Crippen LogP contribution is -2.23. The van der Waals surface area contributed by atoms with E-state index in [1.165, 1.54) is 0 Å². The smallest absolute Gasteiger partial charge is 0.147 e. The van der Waals surface area contributed by atoms with Crippen molar-refractivity contribution in [1.82, 2.24) is 5.06 Å². The molecule has 0 aliphatic heterocycles. The molecule has 2 aromatic rings. The normalized spacial score (nSPS) is 12.1. The second-order valence-corrected chi connectivity index (χ2v) is 4.60. The van der Waals surface area contributed by atoms with Gasteiger partial charge >= 0.3 is 0 Å². The zero-order chi connectivity index (χ0) is 13.7. The summed E-state index contributed by atoms with van der Waals surface area (Å²) < 4.78 is 0. The summed E-state index contributed by atoms with van der Waals surface area (Å²) in [5, 5.41) is 20.9. The van der Waals surface area contributed by atoms with Crippen molar-refractivity contribution in [3.63, 3.8) is 0 Å². The predicted octanol–water partition coefficient (Wildman–Crippen LogP) is 3.80. The summed E-state index contributed by atoms with van der Waals surface area (Å²) in [6.45, 7) is 0.293. The molecule has 0 heterocycles. The lowest BCUT2D eigenvalue weighted by atomic mass is 10.1. The van der Waals surface area contributed by atoms with Gasteiger partial charge in [-0.05, 0) is 23.3 Å². The number of nitrogens with zero attached hydrogens (tertiary/aromatic N) is 2. The largest absolute Gasteiger partial charge is 0.312 e. The molecule has 0 aliphatic rings. The van der Waals surface area contributed by atoms with Crippen LogP contribution in [0.1, 0.15) is 17.2 Å². The summed E-state index contributed by atoms with van der Waals surface area (Å²) in [6, 6.07) is 17.8. The maximum atomic E-state index is 10.1. The molecule has 0 aliphatic carbocycles. The molecule has 0 amide bonds. The molecular weight excluding hydrogens is 260 g/mol. The van der Waals surface area contributed by atoms with Gasteiger partial charge in [0.1, 0.15) is 6.04 Å². The maximum Gasteiger partial charge on any atom is 0.147 e. The Balaban J connectivity index is 2.14. The summed E-state index contributed by atoms with van der Waals surface area (Å²) in [7, 11) is 0. The average Bonchev–Trinajstić information content (AvgIpc) is 2.43. The van der Waals surface area contributed by atoms with E-state index in [4.69, 9.17) is 11.6 Å². The fraction of sp³-hybridized carbons (Fsp3) is 0.133. The number of benzene rings is 2. The highest BCUT2D eigenvalue weighted by atomic mass is 35.5. The summed E-state index contributed by atoms with van der Waals surface area (Å²) >= 11 is 5.81. The van der Waals surface area contributed by atoms with Gasteiger partial charge in [-0.2, -0.15) is 10.3 Å². The van der Waals surface area contributed by atoms with E-state index in [1.807, 2.05) is 30.3 Å². The van der Waals surface area contributed by atoms with Crippen molar-refractivity contribution < 1.29 is 5.21 Å². The molecule has 0 fully saturated rings. The van der Waals surface area contributed by atoms with Gasteiger partial charge in [-0.3, -0.25) is 0 Å². The number of rotatable bonds is 4. The Bertz CT molecular complexity index is 563. The fourth-order valence-electron chi connectivity index (χ4n) is 1.82. The Kier molecular flexibility index (Phi) is 4.53. The van der Waals surface area contributed by atoms with Crippen LogP contribution in [0.5, 0.6) is 0 Å². The van der Waals surface area contributed by atoms with E-state index in [0.717, 1.165) is 10.6 Å². The highest BCUT2D eigenvalue weighted by Gasteiger charge is 2.18. The molecule has 1 N–H and O–H groups in total. The molecule has 0 radical (unpaired) electrons. The van der Waals surface area contributed by atoms with Gasteiger partial charge < -0.3 is 5.21 Å². The number of halogens is 1. The molecule has 96 valence electrons. The lowest BCUT2D eigenvalue weighted by molar-refractivity contribution is -0.121. The van der Waals surface area contributed by atoms with Gasteiger partial charge in [-0.1, -0.05) is 54.1 Å². The Hall–Kier alpha value is -1.86. The molecule has 0 aromatic heterocycles. The minimum Gasteiger partial charge on any atom is -0.312 e. The fourth-order valence-corrected chi connectivity index (χ4v) is 1.95. The molecular formula is C15H13ClN2O. The van der Waals surface area contributed by atoms with Crippen LogP contribution in [-0.4, -0.2) is 10.3 Å². The van der Waals surface area contributed by atoms with E-state index >= 15 is 0 Å². The first-order valence-corrected chi connectivity index (χ1v) is 6.23. The van der Waals surface area contributed by atoms with E-state index in [1.54, 1.807) is 24.3 Å². The monoisotopic (exact) mass is 272 g/mol. The standard InChI is InChI=1S/C15H13ClN2O/c16-14-8-6-13(7-9-14)15(10-17)18(19)11-12-4-2-1-3-5-12/h1-9,15,19H,11H2/t15-/m1/s1. The third kappa shape index (κ3) is 3.55. The van der Waals surface area contributed by atoms with Crippen molar-refractivity contribution in [1.29, 1.82) is 5.26 Å². The van der Waals surface area contributed by atoms with Crippen molar-refractivity contribution in [3.05, 3.63) is 70.7 Å². The first-order valence-electron chi connectivity index (χ1n) is 5.85. The second kappa shape index (κ2) is 6.35. The summed E-state index contributed by atoms with van der Waals surface area (Å²) in [5.41, 5.74) is 1.66. The van der Waals surface area contributed by atoms with Gasteiger partial charge in [-0.15, -0.1) is 0 Å². The zero-order valence-corrected chi connectivity index (χ0v) is 11.0. The number of hydrogen-bond acceptors (Lipinski definition) is 3. The molecule has 0 spiro atoms. The molecule has 4 heteroatoms. The summed E-state index contributed by atoms with van der Waals surface area (Å²) in [6.07, 6.45) is 0. The Morgan fingerprint density at radius 1 is 1.11 bits per heavy atom. The third-order valence-electron chi connectivity index (χ3n) is 2.79. The van der Waals surface area contributed by atoms with Crippen LogP contribution in [0.15, 0.2) is 54.6 Å². The predicted molar refractivity (Wildman–Crippen MR) is 73.6 cm³/mol. The van der Waals surface area contributed by atoms with Crippen LogP contribution in [-0.2, 0) is 6.54 Å². The maximum absolute atomic E-state index is 10.1. The molecule has 0 saturated heterocycles. The van der Waals surface area contributed by atoms with Gasteiger partial charge in [0.15, 0.2) is 0 Å². The number of hydroxylamine groups is 2. The Labute approximate surface area is 117 Å².